The molecular formula is C11H13NO4. The average Bonchev–Trinajstić information content (AvgIpc) is 2.93. The van der Waals surface area contributed by atoms with Crippen molar-refractivity contribution in [3.05, 3.63) is 24.2 Å². The fraction of sp³-hybridized carbons (Fsp3) is 0.455. The van der Waals surface area contributed by atoms with Gasteiger partial charge in [0, 0.05) is 12.6 Å². The Morgan fingerprint density at radius 3 is 2.75 bits per heavy atom. The van der Waals surface area contributed by atoms with E-state index in [1.165, 1.54) is 12.5 Å². The van der Waals surface area contributed by atoms with Gasteiger partial charge in [-0.05, 0) is 18.9 Å². The van der Waals surface area contributed by atoms with E-state index in [9.17, 15) is 9.59 Å². The molecule has 0 aromatic carbocycles. The molecule has 0 radical (unpaired) electrons. The molecule has 5 nitrogen and oxygen atoms in total. The minimum atomic E-state index is -0.884. The highest BCUT2D eigenvalue weighted by Gasteiger charge is 2.33. The van der Waals surface area contributed by atoms with E-state index in [-0.39, 0.29) is 24.9 Å². The summed E-state index contributed by atoms with van der Waals surface area (Å²) in [7, 11) is 0. The minimum Gasteiger partial charge on any atom is -0.481 e. The van der Waals surface area contributed by atoms with Gasteiger partial charge in [0.2, 0.25) is 0 Å². The lowest BCUT2D eigenvalue weighted by Crippen LogP contribution is -2.34. The van der Waals surface area contributed by atoms with Gasteiger partial charge in [-0.1, -0.05) is 0 Å². The van der Waals surface area contributed by atoms with Crippen molar-refractivity contribution in [3.8, 4) is 0 Å². The summed E-state index contributed by atoms with van der Waals surface area (Å²) in [5, 5.41) is 8.62. The minimum absolute atomic E-state index is 0.0138. The molecule has 1 saturated carbocycles. The van der Waals surface area contributed by atoms with Crippen molar-refractivity contribution in [2.24, 2.45) is 0 Å². The van der Waals surface area contributed by atoms with Crippen molar-refractivity contribution in [2.75, 3.05) is 6.54 Å². The molecule has 0 bridgehead atoms. The maximum atomic E-state index is 12.0. The molecule has 0 unspecified atom stereocenters. The third kappa shape index (κ3) is 2.42. The largest absolute Gasteiger partial charge is 0.481 e. The van der Waals surface area contributed by atoms with Crippen LogP contribution in [0, 0.1) is 0 Å². The molecule has 0 atom stereocenters. The van der Waals surface area contributed by atoms with E-state index in [1.807, 2.05) is 0 Å². The van der Waals surface area contributed by atoms with Gasteiger partial charge in [0.1, 0.15) is 6.26 Å². The molecule has 86 valence electrons. The number of hydrogen-bond donors (Lipinski definition) is 1. The SMILES string of the molecule is O=C(O)CCN(C(=O)c1ccoc1)C1CC1. The van der Waals surface area contributed by atoms with E-state index < -0.39 is 5.97 Å². The number of carboxylic acid groups (broad SMARTS) is 1. The second-order valence-corrected chi connectivity index (χ2v) is 3.89. The molecular weight excluding hydrogens is 210 g/mol. The van der Waals surface area contributed by atoms with Gasteiger partial charge >= 0.3 is 5.97 Å². The molecule has 1 aromatic rings. The fourth-order valence-electron chi connectivity index (χ4n) is 1.60. The third-order valence-corrected chi connectivity index (χ3v) is 2.58. The van der Waals surface area contributed by atoms with Crippen LogP contribution in [0.15, 0.2) is 23.0 Å². The van der Waals surface area contributed by atoms with Crippen LogP contribution in [0.3, 0.4) is 0 Å². The number of hydrogen-bond acceptors (Lipinski definition) is 3. The summed E-state index contributed by atoms with van der Waals surface area (Å²) in [6, 6.07) is 1.81. The van der Waals surface area contributed by atoms with Crippen molar-refractivity contribution in [1.29, 1.82) is 0 Å². The molecule has 1 N–H and O–H groups in total. The van der Waals surface area contributed by atoms with Gasteiger partial charge in [0.25, 0.3) is 5.91 Å². The molecule has 5 heteroatoms. The van der Waals surface area contributed by atoms with Crippen molar-refractivity contribution in [2.45, 2.75) is 25.3 Å². The fourth-order valence-corrected chi connectivity index (χ4v) is 1.60. The first-order chi connectivity index (χ1) is 7.68. The summed E-state index contributed by atoms with van der Waals surface area (Å²) in [5.74, 6) is -1.02. The first-order valence-corrected chi connectivity index (χ1v) is 5.23. The maximum Gasteiger partial charge on any atom is 0.305 e. The summed E-state index contributed by atoms with van der Waals surface area (Å²) in [5.41, 5.74) is 0.484. The number of amides is 1. The molecule has 0 spiro atoms. The Morgan fingerprint density at radius 1 is 1.50 bits per heavy atom. The van der Waals surface area contributed by atoms with Crippen LogP contribution in [-0.4, -0.2) is 34.5 Å². The number of carbonyl (C=O) groups is 2. The second-order valence-electron chi connectivity index (χ2n) is 3.89. The Labute approximate surface area is 92.7 Å². The van der Waals surface area contributed by atoms with E-state index in [4.69, 9.17) is 9.52 Å². The van der Waals surface area contributed by atoms with Gasteiger partial charge < -0.3 is 14.4 Å². The number of aliphatic carboxylic acids is 1. The van der Waals surface area contributed by atoms with Gasteiger partial charge in [-0.3, -0.25) is 9.59 Å². The highest BCUT2D eigenvalue weighted by atomic mass is 16.4. The van der Waals surface area contributed by atoms with E-state index >= 15 is 0 Å². The molecule has 1 amide bonds. The molecule has 0 aliphatic heterocycles. The zero-order valence-corrected chi connectivity index (χ0v) is 8.76. The van der Waals surface area contributed by atoms with Crippen LogP contribution < -0.4 is 0 Å². The Bertz CT molecular complexity index is 381. The molecule has 16 heavy (non-hydrogen) atoms. The van der Waals surface area contributed by atoms with Crippen LogP contribution in [-0.2, 0) is 4.79 Å². The average molecular weight is 223 g/mol. The van der Waals surface area contributed by atoms with E-state index in [0.717, 1.165) is 12.8 Å². The van der Waals surface area contributed by atoms with Crippen LogP contribution in [0.1, 0.15) is 29.6 Å². The van der Waals surface area contributed by atoms with Gasteiger partial charge in [-0.15, -0.1) is 0 Å². The molecule has 1 aliphatic carbocycles. The Morgan fingerprint density at radius 2 is 2.25 bits per heavy atom. The van der Waals surface area contributed by atoms with Crippen LogP contribution in [0.5, 0.6) is 0 Å². The summed E-state index contributed by atoms with van der Waals surface area (Å²) in [6.07, 6.45) is 4.74. The number of carbonyl (C=O) groups excluding carboxylic acids is 1. The van der Waals surface area contributed by atoms with E-state index in [1.54, 1.807) is 11.0 Å². The summed E-state index contributed by atoms with van der Waals surface area (Å²) >= 11 is 0. The maximum absolute atomic E-state index is 12.0. The zero-order chi connectivity index (χ0) is 11.5. The Kier molecular flexibility index (Phi) is 2.94. The Hall–Kier alpha value is -1.78. The monoisotopic (exact) mass is 223 g/mol. The third-order valence-electron chi connectivity index (χ3n) is 2.58. The van der Waals surface area contributed by atoms with Crippen molar-refractivity contribution < 1.29 is 19.1 Å². The lowest BCUT2D eigenvalue weighted by Gasteiger charge is -2.20. The van der Waals surface area contributed by atoms with Crippen molar-refractivity contribution in [3.63, 3.8) is 0 Å². The standard InChI is InChI=1S/C11H13NO4/c13-10(14)3-5-12(9-1-2-9)11(15)8-4-6-16-7-8/h4,6-7,9H,1-3,5H2,(H,13,14). The second kappa shape index (κ2) is 4.38. The number of furan rings is 1. The lowest BCUT2D eigenvalue weighted by atomic mass is 10.2. The van der Waals surface area contributed by atoms with Crippen LogP contribution in [0.25, 0.3) is 0 Å². The number of carboxylic acids is 1. The van der Waals surface area contributed by atoms with E-state index in [0.29, 0.717) is 5.56 Å². The first-order valence-electron chi connectivity index (χ1n) is 5.23. The summed E-state index contributed by atoms with van der Waals surface area (Å²) in [6.45, 7) is 0.268. The predicted octanol–water partition coefficient (Wildman–Crippen LogP) is 1.36. The van der Waals surface area contributed by atoms with Gasteiger partial charge in [-0.2, -0.15) is 0 Å². The molecule has 1 aromatic heterocycles. The van der Waals surface area contributed by atoms with Crippen LogP contribution >= 0.6 is 0 Å². The quantitative estimate of drug-likeness (QED) is 0.818. The molecule has 1 aliphatic rings. The van der Waals surface area contributed by atoms with Crippen LogP contribution in [0.4, 0.5) is 0 Å². The van der Waals surface area contributed by atoms with Gasteiger partial charge in [0.15, 0.2) is 0 Å². The van der Waals surface area contributed by atoms with Crippen molar-refractivity contribution >= 4 is 11.9 Å². The predicted molar refractivity (Wildman–Crippen MR) is 55.0 cm³/mol. The zero-order valence-electron chi connectivity index (χ0n) is 8.76. The molecule has 1 heterocycles. The highest BCUT2D eigenvalue weighted by molar-refractivity contribution is 5.94. The number of nitrogens with zero attached hydrogens (tertiary/aromatic N) is 1. The molecule has 0 saturated heterocycles. The van der Waals surface area contributed by atoms with Crippen LogP contribution in [0.2, 0.25) is 0 Å². The first kappa shape index (κ1) is 10.7. The number of rotatable bonds is 5. The van der Waals surface area contributed by atoms with Crippen molar-refractivity contribution in [1.82, 2.24) is 4.90 Å². The smallest absolute Gasteiger partial charge is 0.305 e. The topological polar surface area (TPSA) is 70.8 Å². The molecule has 1 fully saturated rings. The lowest BCUT2D eigenvalue weighted by molar-refractivity contribution is -0.137. The Balaban J connectivity index is 2.01. The summed E-state index contributed by atoms with van der Waals surface area (Å²) in [4.78, 5) is 24.1. The summed E-state index contributed by atoms with van der Waals surface area (Å²) < 4.78 is 4.85. The van der Waals surface area contributed by atoms with Gasteiger partial charge in [0.05, 0.1) is 18.2 Å². The highest BCUT2D eigenvalue weighted by Crippen LogP contribution is 2.28. The van der Waals surface area contributed by atoms with Gasteiger partial charge in [-0.25, -0.2) is 0 Å². The van der Waals surface area contributed by atoms with E-state index in [2.05, 4.69) is 0 Å². The molecule has 2 rings (SSSR count). The normalized spacial score (nSPS) is 14.8.